The zero-order chi connectivity index (χ0) is 15.4. The van der Waals surface area contributed by atoms with Crippen molar-refractivity contribution in [1.82, 2.24) is 14.7 Å². The maximum absolute atomic E-state index is 12.9. The highest BCUT2D eigenvalue weighted by molar-refractivity contribution is 5.17. The highest BCUT2D eigenvalue weighted by Crippen LogP contribution is 2.18. The molecule has 1 aromatic heterocycles. The molecule has 0 bridgehead atoms. The molecule has 0 radical (unpaired) electrons. The Balaban J connectivity index is 1.62. The van der Waals surface area contributed by atoms with E-state index in [9.17, 15) is 4.39 Å². The van der Waals surface area contributed by atoms with Crippen molar-refractivity contribution < 1.29 is 4.39 Å². The molecule has 1 saturated heterocycles. The molecule has 0 spiro atoms. The van der Waals surface area contributed by atoms with E-state index in [0.717, 1.165) is 25.2 Å². The second-order valence-corrected chi connectivity index (χ2v) is 6.03. The summed E-state index contributed by atoms with van der Waals surface area (Å²) in [4.78, 5) is 2.46. The van der Waals surface area contributed by atoms with Crippen LogP contribution in [0.25, 0.3) is 0 Å². The Morgan fingerprint density at radius 3 is 2.73 bits per heavy atom. The molecular weight excluding hydrogens is 279 g/mol. The van der Waals surface area contributed by atoms with E-state index >= 15 is 0 Å². The minimum Gasteiger partial charge on any atom is -0.329 e. The molecule has 1 unspecified atom stereocenters. The lowest BCUT2D eigenvalue weighted by Gasteiger charge is -2.34. The average Bonchev–Trinajstić information content (AvgIpc) is 2.97. The van der Waals surface area contributed by atoms with Gasteiger partial charge in [-0.3, -0.25) is 9.58 Å². The van der Waals surface area contributed by atoms with Gasteiger partial charge in [0, 0.05) is 30.9 Å². The molecule has 22 heavy (non-hydrogen) atoms. The third kappa shape index (κ3) is 3.72. The van der Waals surface area contributed by atoms with E-state index < -0.39 is 0 Å². The predicted molar refractivity (Wildman–Crippen MR) is 84.8 cm³/mol. The fourth-order valence-corrected chi connectivity index (χ4v) is 3.12. The number of likely N-dealkylation sites (tertiary alicyclic amines) is 1. The summed E-state index contributed by atoms with van der Waals surface area (Å²) >= 11 is 0. The van der Waals surface area contributed by atoms with Crippen LogP contribution in [0, 0.1) is 5.82 Å². The van der Waals surface area contributed by atoms with Crippen LogP contribution in [0.4, 0.5) is 4.39 Å². The van der Waals surface area contributed by atoms with E-state index in [-0.39, 0.29) is 5.82 Å². The molecule has 118 valence electrons. The Morgan fingerprint density at radius 1 is 1.14 bits per heavy atom. The van der Waals surface area contributed by atoms with E-state index in [2.05, 4.69) is 16.2 Å². The standard InChI is InChI=1S/C17H23FN4/c18-16-6-4-14(5-7-16)12-22-13-15(10-20-22)11-21-8-2-1-3-17(21)9-19/h4-7,10,13,17H,1-3,8-9,11-12,19H2. The number of halogens is 1. The summed E-state index contributed by atoms with van der Waals surface area (Å²) in [5.41, 5.74) is 8.13. The molecule has 4 nitrogen and oxygen atoms in total. The van der Waals surface area contributed by atoms with Gasteiger partial charge in [0.1, 0.15) is 5.82 Å². The zero-order valence-corrected chi connectivity index (χ0v) is 12.8. The zero-order valence-electron chi connectivity index (χ0n) is 12.8. The number of nitrogens with zero attached hydrogens (tertiary/aromatic N) is 3. The Kier molecular flexibility index (Phi) is 4.85. The monoisotopic (exact) mass is 302 g/mol. The average molecular weight is 302 g/mol. The van der Waals surface area contributed by atoms with Crippen LogP contribution < -0.4 is 5.73 Å². The minimum absolute atomic E-state index is 0.206. The van der Waals surface area contributed by atoms with Gasteiger partial charge in [-0.05, 0) is 37.1 Å². The van der Waals surface area contributed by atoms with Crippen molar-refractivity contribution in [2.24, 2.45) is 5.73 Å². The van der Waals surface area contributed by atoms with Gasteiger partial charge >= 0.3 is 0 Å². The largest absolute Gasteiger partial charge is 0.329 e. The number of benzene rings is 1. The maximum Gasteiger partial charge on any atom is 0.123 e. The van der Waals surface area contributed by atoms with Crippen molar-refractivity contribution in [2.75, 3.05) is 13.1 Å². The summed E-state index contributed by atoms with van der Waals surface area (Å²) in [6, 6.07) is 7.06. The van der Waals surface area contributed by atoms with Gasteiger partial charge in [0.25, 0.3) is 0 Å². The molecule has 1 atom stereocenters. The van der Waals surface area contributed by atoms with Crippen molar-refractivity contribution >= 4 is 0 Å². The van der Waals surface area contributed by atoms with Crippen LogP contribution in [0.15, 0.2) is 36.7 Å². The molecule has 1 fully saturated rings. The fraction of sp³-hybridized carbons (Fsp3) is 0.471. The Labute approximate surface area is 130 Å². The van der Waals surface area contributed by atoms with Crippen molar-refractivity contribution in [2.45, 2.75) is 38.4 Å². The number of piperidine rings is 1. The smallest absolute Gasteiger partial charge is 0.123 e. The molecule has 0 amide bonds. The summed E-state index contributed by atoms with van der Waals surface area (Å²) < 4.78 is 14.8. The van der Waals surface area contributed by atoms with Crippen LogP contribution in [0.2, 0.25) is 0 Å². The van der Waals surface area contributed by atoms with Crippen LogP contribution in [-0.4, -0.2) is 33.8 Å². The molecule has 1 aliphatic heterocycles. The van der Waals surface area contributed by atoms with Gasteiger partial charge in [-0.15, -0.1) is 0 Å². The molecule has 2 N–H and O–H groups in total. The predicted octanol–water partition coefficient (Wildman–Crippen LogP) is 2.38. The van der Waals surface area contributed by atoms with Crippen LogP contribution in [0.5, 0.6) is 0 Å². The van der Waals surface area contributed by atoms with Gasteiger partial charge < -0.3 is 5.73 Å². The number of hydrogen-bond donors (Lipinski definition) is 1. The van der Waals surface area contributed by atoms with Gasteiger partial charge in [-0.25, -0.2) is 4.39 Å². The summed E-state index contributed by atoms with van der Waals surface area (Å²) in [6.45, 7) is 3.42. The molecule has 2 heterocycles. The first kappa shape index (κ1) is 15.2. The molecular formula is C17H23FN4. The van der Waals surface area contributed by atoms with Crippen LogP contribution in [0.3, 0.4) is 0 Å². The molecule has 0 saturated carbocycles. The van der Waals surface area contributed by atoms with Crippen molar-refractivity contribution in [3.63, 3.8) is 0 Å². The first-order valence-corrected chi connectivity index (χ1v) is 7.94. The number of rotatable bonds is 5. The third-order valence-electron chi connectivity index (χ3n) is 4.35. The van der Waals surface area contributed by atoms with Gasteiger partial charge in [0.05, 0.1) is 12.7 Å². The first-order valence-electron chi connectivity index (χ1n) is 7.94. The van der Waals surface area contributed by atoms with E-state index in [0.29, 0.717) is 12.6 Å². The summed E-state index contributed by atoms with van der Waals surface area (Å²) in [5, 5.41) is 4.42. The maximum atomic E-state index is 12.9. The van der Waals surface area contributed by atoms with Crippen molar-refractivity contribution in [3.05, 3.63) is 53.6 Å². The van der Waals surface area contributed by atoms with Crippen molar-refractivity contribution in [1.29, 1.82) is 0 Å². The summed E-state index contributed by atoms with van der Waals surface area (Å²) in [6.07, 6.45) is 7.72. The Morgan fingerprint density at radius 2 is 1.95 bits per heavy atom. The van der Waals surface area contributed by atoms with Gasteiger partial charge in [-0.2, -0.15) is 5.10 Å². The van der Waals surface area contributed by atoms with E-state index in [4.69, 9.17) is 5.73 Å². The van der Waals surface area contributed by atoms with E-state index in [1.807, 2.05) is 10.9 Å². The van der Waals surface area contributed by atoms with E-state index in [1.54, 1.807) is 12.1 Å². The lowest BCUT2D eigenvalue weighted by Crippen LogP contribution is -2.43. The second-order valence-electron chi connectivity index (χ2n) is 6.03. The number of aromatic nitrogens is 2. The molecule has 3 rings (SSSR count). The fourth-order valence-electron chi connectivity index (χ4n) is 3.12. The van der Waals surface area contributed by atoms with Crippen LogP contribution in [0.1, 0.15) is 30.4 Å². The highest BCUT2D eigenvalue weighted by Gasteiger charge is 2.21. The summed E-state index contributed by atoms with van der Waals surface area (Å²) in [5.74, 6) is -0.206. The molecule has 5 heteroatoms. The number of nitrogens with two attached hydrogens (primary N) is 1. The van der Waals surface area contributed by atoms with Gasteiger partial charge in [0.15, 0.2) is 0 Å². The van der Waals surface area contributed by atoms with Gasteiger partial charge in [-0.1, -0.05) is 18.6 Å². The lowest BCUT2D eigenvalue weighted by atomic mass is 10.0. The van der Waals surface area contributed by atoms with Crippen molar-refractivity contribution in [3.8, 4) is 0 Å². The third-order valence-corrected chi connectivity index (χ3v) is 4.35. The SMILES string of the molecule is NCC1CCCCN1Cc1cnn(Cc2ccc(F)cc2)c1. The topological polar surface area (TPSA) is 47.1 Å². The normalized spacial score (nSPS) is 19.5. The van der Waals surface area contributed by atoms with Gasteiger partial charge in [0.2, 0.25) is 0 Å². The quantitative estimate of drug-likeness (QED) is 0.922. The summed E-state index contributed by atoms with van der Waals surface area (Å²) in [7, 11) is 0. The molecule has 2 aromatic rings. The highest BCUT2D eigenvalue weighted by atomic mass is 19.1. The molecule has 1 aromatic carbocycles. The first-order chi connectivity index (χ1) is 10.7. The lowest BCUT2D eigenvalue weighted by molar-refractivity contribution is 0.145. The minimum atomic E-state index is -0.206. The molecule has 0 aliphatic carbocycles. The number of hydrogen-bond acceptors (Lipinski definition) is 3. The van der Waals surface area contributed by atoms with Crippen LogP contribution in [-0.2, 0) is 13.1 Å². The second kappa shape index (κ2) is 7.03. The van der Waals surface area contributed by atoms with Crippen LogP contribution >= 0.6 is 0 Å². The molecule has 1 aliphatic rings. The van der Waals surface area contributed by atoms with E-state index in [1.165, 1.54) is 37.0 Å². The Hall–Kier alpha value is -1.72. The Bertz CT molecular complexity index is 593.